The highest BCUT2D eigenvalue weighted by molar-refractivity contribution is 7.89. The molecule has 2 heterocycles. The standard InChI is InChI=1S/C24H28N4O5S/c1-2-27-23(30)20-12-5-6-13-21(20)28(24(27)31)17-22(29)25-18-10-9-11-19(16-18)34(32,33)26-14-7-3-4-8-15-26/h5-6,9-13,16H,2-4,7-8,14-15,17H2,1H3,(H,25,29). The van der Waals surface area contributed by atoms with Gasteiger partial charge in [-0.3, -0.25) is 18.7 Å². The number of hydrogen-bond acceptors (Lipinski definition) is 5. The maximum atomic E-state index is 13.1. The number of aromatic nitrogens is 2. The molecule has 2 aromatic carbocycles. The van der Waals surface area contributed by atoms with Gasteiger partial charge in [-0.1, -0.05) is 31.0 Å². The Morgan fingerprint density at radius 1 is 0.941 bits per heavy atom. The van der Waals surface area contributed by atoms with Crippen molar-refractivity contribution < 1.29 is 13.2 Å². The Kier molecular flexibility index (Phi) is 6.99. The van der Waals surface area contributed by atoms with Crippen LogP contribution in [0.3, 0.4) is 0 Å². The lowest BCUT2D eigenvalue weighted by molar-refractivity contribution is -0.116. The summed E-state index contributed by atoms with van der Waals surface area (Å²) >= 11 is 0. The van der Waals surface area contributed by atoms with E-state index >= 15 is 0 Å². The van der Waals surface area contributed by atoms with Crippen molar-refractivity contribution in [3.05, 3.63) is 69.4 Å². The van der Waals surface area contributed by atoms with Crippen LogP contribution in [0, 0.1) is 0 Å². The highest BCUT2D eigenvalue weighted by atomic mass is 32.2. The molecule has 1 aliphatic heterocycles. The number of sulfonamides is 1. The molecule has 3 aromatic rings. The van der Waals surface area contributed by atoms with Crippen molar-refractivity contribution in [2.45, 2.75) is 50.6 Å². The molecule has 1 aromatic heterocycles. The average Bonchev–Trinajstić information content (AvgIpc) is 3.13. The Hall–Kier alpha value is -3.24. The summed E-state index contributed by atoms with van der Waals surface area (Å²) in [5, 5.41) is 3.04. The molecule has 180 valence electrons. The first-order valence-corrected chi connectivity index (χ1v) is 12.9. The third-order valence-electron chi connectivity index (χ3n) is 6.07. The molecule has 0 radical (unpaired) electrons. The molecule has 4 rings (SSSR count). The third kappa shape index (κ3) is 4.69. The van der Waals surface area contributed by atoms with Gasteiger partial charge in [-0.2, -0.15) is 4.31 Å². The average molecular weight is 485 g/mol. The summed E-state index contributed by atoms with van der Waals surface area (Å²) in [7, 11) is -3.66. The lowest BCUT2D eigenvalue weighted by Crippen LogP contribution is -2.41. The van der Waals surface area contributed by atoms with E-state index < -0.39 is 27.2 Å². The predicted molar refractivity (Wildman–Crippen MR) is 130 cm³/mol. The lowest BCUT2D eigenvalue weighted by Gasteiger charge is -2.20. The van der Waals surface area contributed by atoms with Crippen LogP contribution in [0.25, 0.3) is 10.9 Å². The van der Waals surface area contributed by atoms with Crippen LogP contribution in [0.4, 0.5) is 5.69 Å². The molecule has 0 spiro atoms. The van der Waals surface area contributed by atoms with Gasteiger partial charge in [0, 0.05) is 25.3 Å². The van der Waals surface area contributed by atoms with Crippen LogP contribution < -0.4 is 16.6 Å². The van der Waals surface area contributed by atoms with E-state index in [1.165, 1.54) is 21.0 Å². The first-order chi connectivity index (χ1) is 16.3. The number of benzene rings is 2. The quantitative estimate of drug-likeness (QED) is 0.578. The van der Waals surface area contributed by atoms with E-state index in [0.29, 0.717) is 29.7 Å². The lowest BCUT2D eigenvalue weighted by atomic mass is 10.2. The minimum atomic E-state index is -3.66. The number of carbonyl (C=O) groups excluding carboxylic acids is 1. The largest absolute Gasteiger partial charge is 0.331 e. The van der Waals surface area contributed by atoms with Crippen molar-refractivity contribution in [3.63, 3.8) is 0 Å². The van der Waals surface area contributed by atoms with E-state index in [1.807, 2.05) is 0 Å². The van der Waals surface area contributed by atoms with Crippen LogP contribution in [0.2, 0.25) is 0 Å². The normalized spacial score (nSPS) is 15.2. The number of amides is 1. The summed E-state index contributed by atoms with van der Waals surface area (Å²) in [5.41, 5.74) is -0.276. The number of anilines is 1. The molecule has 34 heavy (non-hydrogen) atoms. The van der Waals surface area contributed by atoms with E-state index in [0.717, 1.165) is 30.3 Å². The molecule has 1 amide bonds. The van der Waals surface area contributed by atoms with Crippen molar-refractivity contribution >= 4 is 32.5 Å². The van der Waals surface area contributed by atoms with Crippen molar-refractivity contribution in [2.24, 2.45) is 0 Å². The minimum Gasteiger partial charge on any atom is -0.324 e. The summed E-state index contributed by atoms with van der Waals surface area (Å²) in [6.45, 7) is 2.53. The molecule has 0 atom stereocenters. The maximum Gasteiger partial charge on any atom is 0.331 e. The topological polar surface area (TPSA) is 110 Å². The molecular weight excluding hydrogens is 456 g/mol. The molecule has 0 aliphatic carbocycles. The molecule has 10 heteroatoms. The summed E-state index contributed by atoms with van der Waals surface area (Å²) in [6, 6.07) is 12.8. The van der Waals surface area contributed by atoms with Gasteiger partial charge in [-0.15, -0.1) is 0 Å². The Balaban J connectivity index is 1.60. The van der Waals surface area contributed by atoms with Crippen LogP contribution in [-0.4, -0.2) is 40.9 Å². The summed E-state index contributed by atoms with van der Waals surface area (Å²) in [4.78, 5) is 38.4. The molecule has 1 fully saturated rings. The number of hydrogen-bond donors (Lipinski definition) is 1. The number of carbonyl (C=O) groups is 1. The van der Waals surface area contributed by atoms with Crippen LogP contribution >= 0.6 is 0 Å². The van der Waals surface area contributed by atoms with Crippen molar-refractivity contribution in [2.75, 3.05) is 18.4 Å². The van der Waals surface area contributed by atoms with E-state index in [9.17, 15) is 22.8 Å². The maximum absolute atomic E-state index is 13.1. The van der Waals surface area contributed by atoms with E-state index in [4.69, 9.17) is 0 Å². The first kappa shape index (κ1) is 23.9. The third-order valence-corrected chi connectivity index (χ3v) is 7.97. The SMILES string of the molecule is CCn1c(=O)c2ccccc2n(CC(=O)Nc2cccc(S(=O)(=O)N3CCCCCC3)c2)c1=O. The zero-order valence-corrected chi connectivity index (χ0v) is 19.9. The predicted octanol–water partition coefficient (Wildman–Crippen LogP) is 2.39. The fraction of sp³-hybridized carbons (Fsp3) is 0.375. The monoisotopic (exact) mass is 484 g/mol. The zero-order chi connectivity index (χ0) is 24.3. The Bertz CT molecular complexity index is 1430. The van der Waals surface area contributed by atoms with E-state index in [1.54, 1.807) is 43.3 Å². The summed E-state index contributed by atoms with van der Waals surface area (Å²) in [5.74, 6) is -0.502. The Labute approximate surface area is 197 Å². The second-order valence-corrected chi connectivity index (χ2v) is 10.3. The minimum absolute atomic E-state index is 0.120. The van der Waals surface area contributed by atoms with Gasteiger partial charge in [-0.25, -0.2) is 13.2 Å². The van der Waals surface area contributed by atoms with Gasteiger partial charge in [0.2, 0.25) is 15.9 Å². The highest BCUT2D eigenvalue weighted by Crippen LogP contribution is 2.22. The molecule has 0 saturated carbocycles. The number of nitrogens with one attached hydrogen (secondary N) is 1. The Morgan fingerprint density at radius 3 is 2.35 bits per heavy atom. The van der Waals surface area contributed by atoms with Crippen LogP contribution in [0.1, 0.15) is 32.6 Å². The molecule has 1 saturated heterocycles. The molecular formula is C24H28N4O5S. The molecule has 1 aliphatic rings. The van der Waals surface area contributed by atoms with Gasteiger partial charge in [-0.05, 0) is 50.1 Å². The van der Waals surface area contributed by atoms with Crippen molar-refractivity contribution in [1.29, 1.82) is 0 Å². The van der Waals surface area contributed by atoms with Crippen molar-refractivity contribution in [3.8, 4) is 0 Å². The molecule has 0 bridgehead atoms. The molecule has 1 N–H and O–H groups in total. The number of rotatable bonds is 6. The van der Waals surface area contributed by atoms with Crippen molar-refractivity contribution in [1.82, 2.24) is 13.4 Å². The second kappa shape index (κ2) is 9.94. The smallest absolute Gasteiger partial charge is 0.324 e. The van der Waals surface area contributed by atoms with E-state index in [-0.39, 0.29) is 18.0 Å². The van der Waals surface area contributed by atoms with Crippen LogP contribution in [-0.2, 0) is 27.9 Å². The summed E-state index contributed by atoms with van der Waals surface area (Å²) in [6.07, 6.45) is 3.69. The zero-order valence-electron chi connectivity index (χ0n) is 19.1. The van der Waals surface area contributed by atoms with Gasteiger partial charge in [0.15, 0.2) is 0 Å². The van der Waals surface area contributed by atoms with Gasteiger partial charge in [0.05, 0.1) is 15.8 Å². The van der Waals surface area contributed by atoms with Gasteiger partial charge >= 0.3 is 5.69 Å². The Morgan fingerprint density at radius 2 is 1.65 bits per heavy atom. The second-order valence-electron chi connectivity index (χ2n) is 8.33. The number of nitrogens with zero attached hydrogens (tertiary/aromatic N) is 3. The number of fused-ring (bicyclic) bond motifs is 1. The number of para-hydroxylation sites is 1. The van der Waals surface area contributed by atoms with Crippen LogP contribution in [0.15, 0.2) is 63.0 Å². The van der Waals surface area contributed by atoms with Crippen LogP contribution in [0.5, 0.6) is 0 Å². The van der Waals surface area contributed by atoms with Gasteiger partial charge < -0.3 is 5.32 Å². The first-order valence-electron chi connectivity index (χ1n) is 11.5. The molecule has 0 unspecified atom stereocenters. The fourth-order valence-corrected chi connectivity index (χ4v) is 5.88. The van der Waals surface area contributed by atoms with Gasteiger partial charge in [0.1, 0.15) is 6.54 Å². The highest BCUT2D eigenvalue weighted by Gasteiger charge is 2.25. The fourth-order valence-electron chi connectivity index (χ4n) is 4.31. The van der Waals surface area contributed by atoms with Gasteiger partial charge in [0.25, 0.3) is 5.56 Å². The van der Waals surface area contributed by atoms with E-state index in [2.05, 4.69) is 5.32 Å². The summed E-state index contributed by atoms with van der Waals surface area (Å²) < 4.78 is 30.0. The molecule has 9 nitrogen and oxygen atoms in total.